The molecule has 0 bridgehead atoms. The van der Waals surface area contributed by atoms with E-state index in [-0.39, 0.29) is 30.6 Å². The Bertz CT molecular complexity index is 988. The second-order valence-electron chi connectivity index (χ2n) is 5.99. The van der Waals surface area contributed by atoms with E-state index in [2.05, 4.69) is 25.3 Å². The molecule has 2 amide bonds. The molecule has 26 heavy (non-hydrogen) atoms. The lowest BCUT2D eigenvalue weighted by atomic mass is 10.1. The first-order valence-electron chi connectivity index (χ1n) is 8.11. The van der Waals surface area contributed by atoms with Gasteiger partial charge in [0.05, 0.1) is 12.7 Å². The van der Waals surface area contributed by atoms with E-state index < -0.39 is 6.04 Å². The van der Waals surface area contributed by atoms with Crippen molar-refractivity contribution in [1.29, 1.82) is 0 Å². The van der Waals surface area contributed by atoms with Crippen molar-refractivity contribution in [2.45, 2.75) is 18.9 Å². The van der Waals surface area contributed by atoms with Crippen LogP contribution in [0.4, 0.5) is 10.2 Å². The highest BCUT2D eigenvalue weighted by molar-refractivity contribution is 6.07. The van der Waals surface area contributed by atoms with Crippen LogP contribution in [0, 0.1) is 5.82 Å². The Hall–Kier alpha value is -3.36. The third-order valence-corrected chi connectivity index (χ3v) is 4.29. The highest BCUT2D eigenvalue weighted by atomic mass is 19.1. The van der Waals surface area contributed by atoms with Gasteiger partial charge in [0.1, 0.15) is 23.7 Å². The zero-order valence-electron chi connectivity index (χ0n) is 13.6. The molecule has 1 aliphatic heterocycles. The summed E-state index contributed by atoms with van der Waals surface area (Å²) in [4.78, 5) is 41.1. The number of imide groups is 1. The van der Waals surface area contributed by atoms with E-state index in [0.717, 1.165) is 5.56 Å². The molecule has 0 unspecified atom stereocenters. The third kappa shape index (κ3) is 2.99. The minimum absolute atomic E-state index is 0.0433. The summed E-state index contributed by atoms with van der Waals surface area (Å²) in [7, 11) is 0. The molecule has 3 aromatic rings. The number of fused-ring (bicyclic) bond motifs is 1. The number of carbonyl (C=O) groups is 2. The number of nitrogens with zero attached hydrogens (tertiary/aromatic N) is 4. The van der Waals surface area contributed by atoms with Crippen molar-refractivity contribution in [2.75, 3.05) is 11.9 Å². The van der Waals surface area contributed by atoms with E-state index in [0.29, 0.717) is 23.4 Å². The maximum absolute atomic E-state index is 13.2. The van der Waals surface area contributed by atoms with Crippen LogP contribution in [0.3, 0.4) is 0 Å². The fourth-order valence-corrected chi connectivity index (χ4v) is 3.00. The molecule has 3 heterocycles. The predicted molar refractivity (Wildman–Crippen MR) is 90.5 cm³/mol. The number of benzene rings is 1. The highest BCUT2D eigenvalue weighted by Gasteiger charge is 2.38. The molecule has 0 aliphatic carbocycles. The number of aromatic amines is 1. The van der Waals surface area contributed by atoms with E-state index >= 15 is 0 Å². The normalized spacial score (nSPS) is 17.3. The summed E-state index contributed by atoms with van der Waals surface area (Å²) in [6.07, 6.45) is 3.27. The lowest BCUT2D eigenvalue weighted by molar-refractivity contribution is -0.138. The molecule has 1 saturated heterocycles. The van der Waals surface area contributed by atoms with Crippen LogP contribution in [-0.2, 0) is 16.0 Å². The molecule has 2 N–H and O–H groups in total. The average Bonchev–Trinajstić information content (AvgIpc) is 3.20. The minimum atomic E-state index is -0.698. The monoisotopic (exact) mass is 354 g/mol. The topological polar surface area (TPSA) is 104 Å². The standard InChI is InChI=1S/C17H15FN6O2/c18-11-3-1-2-10(6-11)4-5-24-13(25)7-12(17(24)26)23-16-14-15(20-8-19-14)21-9-22-16/h1-3,6,8-9,12H,4-5,7H2,(H2,19,20,21,22,23)/t12-/m0/s1. The molecule has 1 atom stereocenters. The summed E-state index contributed by atoms with van der Waals surface area (Å²) >= 11 is 0. The number of halogens is 1. The van der Waals surface area contributed by atoms with Crippen LogP contribution in [-0.4, -0.2) is 49.2 Å². The SMILES string of the molecule is O=C1C[C@H](Nc2ncnc3nc[nH]c23)C(=O)N1CCc1cccc(F)c1. The van der Waals surface area contributed by atoms with Gasteiger partial charge in [0.25, 0.3) is 5.91 Å². The number of nitrogens with one attached hydrogen (secondary N) is 2. The quantitative estimate of drug-likeness (QED) is 0.669. The van der Waals surface area contributed by atoms with Gasteiger partial charge in [0.2, 0.25) is 5.91 Å². The molecule has 2 aromatic heterocycles. The molecular formula is C17H15FN6O2. The summed E-state index contributed by atoms with van der Waals surface area (Å²) in [5.74, 6) is -0.504. The van der Waals surface area contributed by atoms with Crippen LogP contribution in [0.5, 0.6) is 0 Å². The first-order valence-corrected chi connectivity index (χ1v) is 8.11. The van der Waals surface area contributed by atoms with Gasteiger partial charge >= 0.3 is 0 Å². The number of imidazole rings is 1. The van der Waals surface area contributed by atoms with Crippen molar-refractivity contribution < 1.29 is 14.0 Å². The molecule has 0 radical (unpaired) electrons. The average molecular weight is 354 g/mol. The van der Waals surface area contributed by atoms with Crippen molar-refractivity contribution in [2.24, 2.45) is 0 Å². The Morgan fingerprint density at radius 2 is 2.15 bits per heavy atom. The van der Waals surface area contributed by atoms with Crippen molar-refractivity contribution in [1.82, 2.24) is 24.8 Å². The highest BCUT2D eigenvalue weighted by Crippen LogP contribution is 2.21. The van der Waals surface area contributed by atoms with Gasteiger partial charge in [0, 0.05) is 6.54 Å². The number of hydrogen-bond acceptors (Lipinski definition) is 6. The number of likely N-dealkylation sites (tertiary alicyclic amines) is 1. The van der Waals surface area contributed by atoms with E-state index in [4.69, 9.17) is 0 Å². The van der Waals surface area contributed by atoms with E-state index in [1.54, 1.807) is 12.1 Å². The first kappa shape index (κ1) is 16.1. The fraction of sp³-hybridized carbons (Fsp3) is 0.235. The number of hydrogen-bond donors (Lipinski definition) is 2. The molecule has 0 spiro atoms. The molecule has 9 heteroatoms. The largest absolute Gasteiger partial charge is 0.356 e. The number of amides is 2. The van der Waals surface area contributed by atoms with Gasteiger partial charge in [-0.2, -0.15) is 0 Å². The number of rotatable bonds is 5. The van der Waals surface area contributed by atoms with Gasteiger partial charge in [-0.25, -0.2) is 19.3 Å². The van der Waals surface area contributed by atoms with E-state index in [1.165, 1.54) is 29.7 Å². The molecule has 132 valence electrons. The third-order valence-electron chi connectivity index (χ3n) is 4.29. The lowest BCUT2D eigenvalue weighted by Crippen LogP contribution is -2.36. The molecule has 0 saturated carbocycles. The van der Waals surface area contributed by atoms with Crippen molar-refractivity contribution in [3.8, 4) is 0 Å². The number of aromatic nitrogens is 4. The Balaban J connectivity index is 1.46. The fourth-order valence-electron chi connectivity index (χ4n) is 3.00. The van der Waals surface area contributed by atoms with E-state index in [1.807, 2.05) is 0 Å². The van der Waals surface area contributed by atoms with Gasteiger partial charge < -0.3 is 10.3 Å². The van der Waals surface area contributed by atoms with Gasteiger partial charge in [-0.15, -0.1) is 0 Å². The molecular weight excluding hydrogens is 339 g/mol. The smallest absolute Gasteiger partial charge is 0.252 e. The van der Waals surface area contributed by atoms with Crippen LogP contribution in [0.15, 0.2) is 36.9 Å². The summed E-state index contributed by atoms with van der Waals surface area (Å²) in [6, 6.07) is 5.42. The minimum Gasteiger partial charge on any atom is -0.356 e. The van der Waals surface area contributed by atoms with Crippen molar-refractivity contribution in [3.63, 3.8) is 0 Å². The Kier molecular flexibility index (Phi) is 4.04. The van der Waals surface area contributed by atoms with Gasteiger partial charge in [-0.05, 0) is 24.1 Å². The second kappa shape index (κ2) is 6.51. The summed E-state index contributed by atoms with van der Waals surface area (Å²) in [5.41, 5.74) is 1.78. The predicted octanol–water partition coefficient (Wildman–Crippen LogP) is 1.27. The van der Waals surface area contributed by atoms with Crippen LogP contribution >= 0.6 is 0 Å². The molecule has 1 aliphatic rings. The van der Waals surface area contributed by atoms with Gasteiger partial charge in [0.15, 0.2) is 11.5 Å². The number of carbonyl (C=O) groups excluding carboxylic acids is 2. The maximum atomic E-state index is 13.2. The number of H-pyrrole nitrogens is 1. The van der Waals surface area contributed by atoms with Crippen molar-refractivity contribution >= 4 is 28.8 Å². The van der Waals surface area contributed by atoms with Crippen LogP contribution < -0.4 is 5.32 Å². The number of anilines is 1. The van der Waals surface area contributed by atoms with Crippen molar-refractivity contribution in [3.05, 3.63) is 48.3 Å². The van der Waals surface area contributed by atoms with Crippen LogP contribution in [0.2, 0.25) is 0 Å². The molecule has 1 fully saturated rings. The zero-order chi connectivity index (χ0) is 18.1. The van der Waals surface area contributed by atoms with E-state index in [9.17, 15) is 14.0 Å². The Labute approximate surface area is 147 Å². The van der Waals surface area contributed by atoms with Gasteiger partial charge in [-0.3, -0.25) is 14.5 Å². The zero-order valence-corrected chi connectivity index (χ0v) is 13.6. The molecule has 1 aromatic carbocycles. The Morgan fingerprint density at radius 3 is 3.00 bits per heavy atom. The second-order valence-corrected chi connectivity index (χ2v) is 5.99. The lowest BCUT2D eigenvalue weighted by Gasteiger charge is -2.16. The Morgan fingerprint density at radius 1 is 1.27 bits per heavy atom. The van der Waals surface area contributed by atoms with Crippen LogP contribution in [0.25, 0.3) is 11.2 Å². The summed E-state index contributed by atoms with van der Waals surface area (Å²) < 4.78 is 13.2. The summed E-state index contributed by atoms with van der Waals surface area (Å²) in [6.45, 7) is 0.211. The molecule has 4 rings (SSSR count). The van der Waals surface area contributed by atoms with Crippen LogP contribution in [0.1, 0.15) is 12.0 Å². The first-order chi connectivity index (χ1) is 12.6. The molecule has 8 nitrogen and oxygen atoms in total. The summed E-state index contributed by atoms with van der Waals surface area (Å²) in [5, 5.41) is 2.99. The maximum Gasteiger partial charge on any atom is 0.252 e. The van der Waals surface area contributed by atoms with Gasteiger partial charge in [-0.1, -0.05) is 12.1 Å².